The van der Waals surface area contributed by atoms with Gasteiger partial charge in [-0.2, -0.15) is 0 Å². The maximum atomic E-state index is 10.3. The molecule has 0 spiro atoms. The summed E-state index contributed by atoms with van der Waals surface area (Å²) in [4.78, 5) is 10.3. The first-order chi connectivity index (χ1) is 7.09. The third kappa shape index (κ3) is 4.61. The second-order valence-corrected chi connectivity index (χ2v) is 4.69. The topological polar surface area (TPSA) is 63.3 Å². The molecule has 82 valence electrons. The Bertz CT molecular complexity index is 324. The highest BCUT2D eigenvalue weighted by atomic mass is 127. The first kappa shape index (κ1) is 12.4. The number of carboxylic acids is 1. The Balaban J connectivity index is 2.43. The van der Waals surface area contributed by atoms with E-state index in [1.165, 1.54) is 3.57 Å². The van der Waals surface area contributed by atoms with Crippen LogP contribution in [0.15, 0.2) is 24.3 Å². The van der Waals surface area contributed by atoms with Gasteiger partial charge in [-0.3, -0.25) is 4.79 Å². The Morgan fingerprint density at radius 2 is 2.00 bits per heavy atom. The summed E-state index contributed by atoms with van der Waals surface area (Å²) in [6.45, 7) is 0. The van der Waals surface area contributed by atoms with Gasteiger partial charge >= 0.3 is 5.97 Å². The third-order valence-electron chi connectivity index (χ3n) is 2.20. The van der Waals surface area contributed by atoms with Crippen molar-refractivity contribution in [2.75, 3.05) is 0 Å². The van der Waals surface area contributed by atoms with Gasteiger partial charge in [-0.1, -0.05) is 12.1 Å². The molecule has 4 heteroatoms. The third-order valence-corrected chi connectivity index (χ3v) is 2.92. The van der Waals surface area contributed by atoms with Gasteiger partial charge in [-0.05, 0) is 53.1 Å². The van der Waals surface area contributed by atoms with Gasteiger partial charge in [-0.15, -0.1) is 0 Å². The lowest BCUT2D eigenvalue weighted by molar-refractivity contribution is -0.137. The molecule has 0 aliphatic carbocycles. The van der Waals surface area contributed by atoms with Crippen LogP contribution in [0.5, 0.6) is 0 Å². The molecule has 0 aromatic heterocycles. The average molecular weight is 319 g/mol. The second kappa shape index (κ2) is 6.07. The second-order valence-electron chi connectivity index (χ2n) is 3.44. The lowest BCUT2D eigenvalue weighted by Gasteiger charge is -2.10. The molecule has 0 radical (unpaired) electrons. The lowest BCUT2D eigenvalue weighted by atomic mass is 10.0. The van der Waals surface area contributed by atoms with Crippen LogP contribution in [0.1, 0.15) is 30.9 Å². The molecule has 1 rings (SSSR count). The van der Waals surface area contributed by atoms with E-state index >= 15 is 0 Å². The normalized spacial score (nSPS) is 12.4. The van der Waals surface area contributed by atoms with Gasteiger partial charge in [0, 0.05) is 16.0 Å². The Morgan fingerprint density at radius 3 is 2.53 bits per heavy atom. The van der Waals surface area contributed by atoms with Crippen molar-refractivity contribution in [1.29, 1.82) is 0 Å². The fourth-order valence-electron chi connectivity index (χ4n) is 1.35. The van der Waals surface area contributed by atoms with Crippen LogP contribution in [0.3, 0.4) is 0 Å². The van der Waals surface area contributed by atoms with E-state index in [2.05, 4.69) is 22.6 Å². The smallest absolute Gasteiger partial charge is 0.303 e. The zero-order chi connectivity index (χ0) is 11.3. The number of rotatable bonds is 5. The predicted octanol–water partition coefficient (Wildman–Crippen LogP) is 2.55. The van der Waals surface area contributed by atoms with Crippen LogP contribution in [0.2, 0.25) is 0 Å². The molecule has 3 nitrogen and oxygen atoms in total. The van der Waals surface area contributed by atoms with Crippen LogP contribution in [0.4, 0.5) is 0 Å². The molecule has 0 aliphatic heterocycles. The molecule has 0 aliphatic rings. The highest BCUT2D eigenvalue weighted by Crippen LogP contribution is 2.17. The maximum absolute atomic E-state index is 10.3. The van der Waals surface area contributed by atoms with E-state index in [0.29, 0.717) is 12.8 Å². The van der Waals surface area contributed by atoms with Crippen molar-refractivity contribution in [2.45, 2.75) is 25.3 Å². The maximum Gasteiger partial charge on any atom is 0.303 e. The van der Waals surface area contributed by atoms with Gasteiger partial charge in [0.1, 0.15) is 0 Å². The van der Waals surface area contributed by atoms with Crippen molar-refractivity contribution < 1.29 is 9.90 Å². The minimum atomic E-state index is -0.759. The zero-order valence-corrected chi connectivity index (χ0v) is 10.5. The highest BCUT2D eigenvalue weighted by molar-refractivity contribution is 14.1. The minimum Gasteiger partial charge on any atom is -0.481 e. The molecule has 3 N–H and O–H groups in total. The average Bonchev–Trinajstić information content (AvgIpc) is 2.18. The van der Waals surface area contributed by atoms with Gasteiger partial charge in [0.25, 0.3) is 0 Å². The molecule has 0 fully saturated rings. The molecule has 0 heterocycles. The Morgan fingerprint density at radius 1 is 1.40 bits per heavy atom. The summed E-state index contributed by atoms with van der Waals surface area (Å²) in [7, 11) is 0. The zero-order valence-electron chi connectivity index (χ0n) is 8.32. The Kier molecular flexibility index (Phi) is 5.04. The van der Waals surface area contributed by atoms with Gasteiger partial charge < -0.3 is 10.8 Å². The number of carboxylic acid groups (broad SMARTS) is 1. The standard InChI is InChI=1S/C11H14INO2/c12-9-6-4-8(5-7-9)10(13)2-1-3-11(14)15/h4-7,10H,1-3,13H2,(H,14,15). The van der Waals surface area contributed by atoms with Crippen LogP contribution in [-0.4, -0.2) is 11.1 Å². The summed E-state index contributed by atoms with van der Waals surface area (Å²) in [5, 5.41) is 8.49. The van der Waals surface area contributed by atoms with Gasteiger partial charge in [0.2, 0.25) is 0 Å². The quantitative estimate of drug-likeness (QED) is 0.820. The Labute approximate surface area is 103 Å². The van der Waals surface area contributed by atoms with E-state index in [0.717, 1.165) is 5.56 Å². The largest absolute Gasteiger partial charge is 0.481 e. The summed E-state index contributed by atoms with van der Waals surface area (Å²) < 4.78 is 1.18. The molecule has 1 unspecified atom stereocenters. The first-order valence-corrected chi connectivity index (χ1v) is 5.90. The molecule has 1 aromatic carbocycles. The molecular formula is C11H14INO2. The molecule has 1 aromatic rings. The van der Waals surface area contributed by atoms with E-state index < -0.39 is 5.97 Å². The number of aliphatic carboxylic acids is 1. The van der Waals surface area contributed by atoms with E-state index in [1.54, 1.807) is 0 Å². The van der Waals surface area contributed by atoms with Gasteiger partial charge in [0.05, 0.1) is 0 Å². The summed E-state index contributed by atoms with van der Waals surface area (Å²) in [5.41, 5.74) is 7.01. The van der Waals surface area contributed by atoms with E-state index in [4.69, 9.17) is 10.8 Å². The minimum absolute atomic E-state index is 0.0543. The monoisotopic (exact) mass is 319 g/mol. The number of carbonyl (C=O) groups is 1. The van der Waals surface area contributed by atoms with Crippen molar-refractivity contribution in [3.05, 3.63) is 33.4 Å². The predicted molar refractivity (Wildman–Crippen MR) is 67.6 cm³/mol. The summed E-state index contributed by atoms with van der Waals surface area (Å²) >= 11 is 2.24. The van der Waals surface area contributed by atoms with Gasteiger partial charge in [0.15, 0.2) is 0 Å². The van der Waals surface area contributed by atoms with E-state index in [1.807, 2.05) is 24.3 Å². The number of benzene rings is 1. The van der Waals surface area contributed by atoms with Crippen molar-refractivity contribution in [1.82, 2.24) is 0 Å². The van der Waals surface area contributed by atoms with E-state index in [9.17, 15) is 4.79 Å². The van der Waals surface area contributed by atoms with E-state index in [-0.39, 0.29) is 12.5 Å². The molecule has 0 bridgehead atoms. The van der Waals surface area contributed by atoms with Crippen LogP contribution in [0, 0.1) is 3.57 Å². The van der Waals surface area contributed by atoms with Crippen molar-refractivity contribution in [2.24, 2.45) is 5.73 Å². The number of nitrogens with two attached hydrogens (primary N) is 1. The van der Waals surface area contributed by atoms with Gasteiger partial charge in [-0.25, -0.2) is 0 Å². The number of hydrogen-bond acceptors (Lipinski definition) is 2. The molecule has 0 saturated carbocycles. The molecule has 1 atom stereocenters. The van der Waals surface area contributed by atoms with Crippen LogP contribution < -0.4 is 5.73 Å². The van der Waals surface area contributed by atoms with Crippen LogP contribution >= 0.6 is 22.6 Å². The number of halogens is 1. The molecular weight excluding hydrogens is 305 g/mol. The fraction of sp³-hybridized carbons (Fsp3) is 0.364. The van der Waals surface area contributed by atoms with Crippen molar-refractivity contribution in [3.8, 4) is 0 Å². The first-order valence-electron chi connectivity index (χ1n) is 4.82. The number of hydrogen-bond donors (Lipinski definition) is 2. The van der Waals surface area contributed by atoms with Crippen molar-refractivity contribution >= 4 is 28.6 Å². The molecule has 0 amide bonds. The lowest BCUT2D eigenvalue weighted by Crippen LogP contribution is -2.10. The molecule has 15 heavy (non-hydrogen) atoms. The Hall–Kier alpha value is -0.620. The van der Waals surface area contributed by atoms with Crippen molar-refractivity contribution in [3.63, 3.8) is 0 Å². The summed E-state index contributed by atoms with van der Waals surface area (Å²) in [6, 6.07) is 7.95. The van der Waals surface area contributed by atoms with Crippen LogP contribution in [0.25, 0.3) is 0 Å². The highest BCUT2D eigenvalue weighted by Gasteiger charge is 2.06. The van der Waals surface area contributed by atoms with Crippen LogP contribution in [-0.2, 0) is 4.79 Å². The summed E-state index contributed by atoms with van der Waals surface area (Å²) in [6.07, 6.45) is 1.54. The fourth-order valence-corrected chi connectivity index (χ4v) is 1.71. The summed E-state index contributed by atoms with van der Waals surface area (Å²) in [5.74, 6) is -0.759. The SMILES string of the molecule is NC(CCCC(=O)O)c1ccc(I)cc1. The molecule has 0 saturated heterocycles.